The summed E-state index contributed by atoms with van der Waals surface area (Å²) >= 11 is 0. The Morgan fingerprint density at radius 1 is 1.14 bits per heavy atom. The van der Waals surface area contributed by atoms with Crippen LogP contribution in [0.1, 0.15) is 25.1 Å². The summed E-state index contributed by atoms with van der Waals surface area (Å²) in [6.07, 6.45) is 1.65. The third-order valence-electron chi connectivity index (χ3n) is 2.66. The molecule has 0 aliphatic heterocycles. The van der Waals surface area contributed by atoms with Crippen LogP contribution in [0.3, 0.4) is 0 Å². The van der Waals surface area contributed by atoms with Gasteiger partial charge in [0, 0.05) is 27.6 Å². The van der Waals surface area contributed by atoms with E-state index in [-0.39, 0.29) is 0 Å². The molecule has 0 saturated carbocycles. The monoisotopic (exact) mass is 301 g/mol. The lowest BCUT2D eigenvalue weighted by Crippen LogP contribution is -1.97. The molecule has 0 aliphatic rings. The van der Waals surface area contributed by atoms with Crippen LogP contribution in [0.5, 0.6) is 0 Å². The molecule has 0 bridgehead atoms. The molecular weight excluding hydrogens is 282 g/mol. The predicted molar refractivity (Wildman–Crippen MR) is 87.1 cm³/mol. The maximum absolute atomic E-state index is 11.3. The fourth-order valence-electron chi connectivity index (χ4n) is 1.63. The van der Waals surface area contributed by atoms with Gasteiger partial charge in [-0.05, 0) is 43.3 Å². The molecular formula is C16H19N3OS. The third-order valence-corrected chi connectivity index (χ3v) is 3.60. The quantitative estimate of drug-likeness (QED) is 0.937. The highest BCUT2D eigenvalue weighted by Gasteiger charge is 2.02. The van der Waals surface area contributed by atoms with E-state index in [0.717, 1.165) is 10.6 Å². The first-order valence-corrected chi connectivity index (χ1v) is 8.24. The molecule has 1 atom stereocenters. The van der Waals surface area contributed by atoms with Crippen LogP contribution in [0.25, 0.3) is 0 Å². The summed E-state index contributed by atoms with van der Waals surface area (Å²) in [7, 11) is -0.971. The molecule has 1 aromatic carbocycles. The average molecular weight is 301 g/mol. The maximum Gasteiger partial charge on any atom is 0.130 e. The first kappa shape index (κ1) is 16.9. The van der Waals surface area contributed by atoms with E-state index >= 15 is 0 Å². The van der Waals surface area contributed by atoms with Crippen molar-refractivity contribution in [2.75, 3.05) is 11.6 Å². The van der Waals surface area contributed by atoms with E-state index in [1.54, 1.807) is 25.3 Å². The minimum absolute atomic E-state index is 0.572. The van der Waals surface area contributed by atoms with E-state index in [1.807, 2.05) is 38.1 Å². The third kappa shape index (κ3) is 4.69. The molecule has 0 saturated heterocycles. The number of pyridine rings is 1. The van der Waals surface area contributed by atoms with Gasteiger partial charge in [0.05, 0.1) is 11.3 Å². The van der Waals surface area contributed by atoms with Crippen molar-refractivity contribution in [2.24, 2.45) is 0 Å². The number of aryl methyl sites for hydroxylation is 1. The molecule has 1 aromatic heterocycles. The molecule has 0 amide bonds. The first-order chi connectivity index (χ1) is 10.1. The number of nitrogens with one attached hydrogen (secondary N) is 1. The number of anilines is 2. The molecule has 5 heteroatoms. The van der Waals surface area contributed by atoms with E-state index in [4.69, 9.17) is 5.26 Å². The highest BCUT2D eigenvalue weighted by Crippen LogP contribution is 2.17. The Labute approximate surface area is 128 Å². The summed E-state index contributed by atoms with van der Waals surface area (Å²) in [6.45, 7) is 5.80. The van der Waals surface area contributed by atoms with Gasteiger partial charge in [-0.25, -0.2) is 4.98 Å². The van der Waals surface area contributed by atoms with Gasteiger partial charge in [-0.15, -0.1) is 0 Å². The summed E-state index contributed by atoms with van der Waals surface area (Å²) in [6, 6.07) is 12.9. The average Bonchev–Trinajstić information content (AvgIpc) is 2.50. The van der Waals surface area contributed by atoms with E-state index in [2.05, 4.69) is 16.4 Å². The zero-order chi connectivity index (χ0) is 15.8. The second-order valence-corrected chi connectivity index (χ2v) is 5.42. The Balaban J connectivity index is 0.00000106. The molecule has 0 aliphatic carbocycles. The van der Waals surface area contributed by atoms with Crippen molar-refractivity contribution in [3.05, 3.63) is 47.7 Å². The second kappa shape index (κ2) is 8.18. The van der Waals surface area contributed by atoms with Crippen molar-refractivity contribution in [3.8, 4) is 6.07 Å². The van der Waals surface area contributed by atoms with E-state index in [9.17, 15) is 4.21 Å². The van der Waals surface area contributed by atoms with Gasteiger partial charge in [0.15, 0.2) is 0 Å². The molecule has 110 valence electrons. The summed E-state index contributed by atoms with van der Waals surface area (Å²) in [4.78, 5) is 5.09. The van der Waals surface area contributed by atoms with Crippen molar-refractivity contribution < 1.29 is 4.21 Å². The van der Waals surface area contributed by atoms with E-state index in [1.165, 1.54) is 0 Å². The van der Waals surface area contributed by atoms with Crippen molar-refractivity contribution in [1.29, 1.82) is 5.26 Å². The number of aromatic nitrogens is 1. The SMILES string of the molecule is CC.Cc1nc(Nc2ccc(S(C)=O)cc2)ccc1C#N. The zero-order valence-electron chi connectivity index (χ0n) is 12.7. The van der Waals surface area contributed by atoms with Gasteiger partial charge in [0.2, 0.25) is 0 Å². The molecule has 2 aromatic rings. The van der Waals surface area contributed by atoms with E-state index < -0.39 is 10.8 Å². The number of hydrogen-bond donors (Lipinski definition) is 1. The standard InChI is InChI=1S/C14H13N3OS.C2H6/c1-10-11(9-15)3-8-14(16-10)17-12-4-6-13(7-5-12)19(2)18;1-2/h3-8H,1-2H3,(H,16,17);1-2H3. The minimum atomic E-state index is -0.971. The van der Waals surface area contributed by atoms with Crippen LogP contribution >= 0.6 is 0 Å². The molecule has 1 unspecified atom stereocenters. The summed E-state index contributed by atoms with van der Waals surface area (Å²) < 4.78 is 11.3. The molecule has 2 rings (SSSR count). The van der Waals surface area contributed by atoms with Crippen molar-refractivity contribution in [1.82, 2.24) is 4.98 Å². The first-order valence-electron chi connectivity index (χ1n) is 6.68. The topological polar surface area (TPSA) is 65.8 Å². The van der Waals surface area contributed by atoms with Crippen LogP contribution in [0.4, 0.5) is 11.5 Å². The smallest absolute Gasteiger partial charge is 0.130 e. The van der Waals surface area contributed by atoms with Gasteiger partial charge in [0.25, 0.3) is 0 Å². The van der Waals surface area contributed by atoms with Crippen LogP contribution in [0.15, 0.2) is 41.3 Å². The lowest BCUT2D eigenvalue weighted by atomic mass is 10.2. The molecule has 21 heavy (non-hydrogen) atoms. The lowest BCUT2D eigenvalue weighted by Gasteiger charge is -2.07. The summed E-state index contributed by atoms with van der Waals surface area (Å²) in [5.74, 6) is 0.682. The van der Waals surface area contributed by atoms with Gasteiger partial charge < -0.3 is 5.32 Å². The maximum atomic E-state index is 11.3. The molecule has 1 heterocycles. The zero-order valence-corrected chi connectivity index (χ0v) is 13.5. The Morgan fingerprint density at radius 2 is 1.76 bits per heavy atom. The van der Waals surface area contributed by atoms with Gasteiger partial charge in [-0.3, -0.25) is 4.21 Å². The van der Waals surface area contributed by atoms with Gasteiger partial charge >= 0.3 is 0 Å². The largest absolute Gasteiger partial charge is 0.340 e. The van der Waals surface area contributed by atoms with E-state index in [0.29, 0.717) is 17.1 Å². The molecule has 0 spiro atoms. The molecule has 0 fully saturated rings. The number of benzene rings is 1. The Hall–Kier alpha value is -2.19. The second-order valence-electron chi connectivity index (χ2n) is 4.04. The summed E-state index contributed by atoms with van der Waals surface area (Å²) in [5, 5.41) is 12.0. The van der Waals surface area contributed by atoms with Crippen molar-refractivity contribution >= 4 is 22.3 Å². The molecule has 1 N–H and O–H groups in total. The number of rotatable bonds is 3. The predicted octanol–water partition coefficient (Wildman–Crippen LogP) is 3.77. The minimum Gasteiger partial charge on any atom is -0.340 e. The van der Waals surface area contributed by atoms with Crippen LogP contribution in [0, 0.1) is 18.3 Å². The highest BCUT2D eigenvalue weighted by molar-refractivity contribution is 7.84. The van der Waals surface area contributed by atoms with Crippen LogP contribution < -0.4 is 5.32 Å². The Morgan fingerprint density at radius 3 is 2.24 bits per heavy atom. The summed E-state index contributed by atoms with van der Waals surface area (Å²) in [5.41, 5.74) is 2.13. The highest BCUT2D eigenvalue weighted by atomic mass is 32.2. The van der Waals surface area contributed by atoms with Gasteiger partial charge in [-0.1, -0.05) is 13.8 Å². The normalized spacial score (nSPS) is 10.8. The van der Waals surface area contributed by atoms with Crippen LogP contribution in [-0.4, -0.2) is 15.4 Å². The molecule has 0 radical (unpaired) electrons. The van der Waals surface area contributed by atoms with Gasteiger partial charge in [0.1, 0.15) is 11.9 Å². The lowest BCUT2D eigenvalue weighted by molar-refractivity contribution is 0.687. The fourth-order valence-corrected chi connectivity index (χ4v) is 2.15. The van der Waals surface area contributed by atoms with Crippen molar-refractivity contribution in [2.45, 2.75) is 25.7 Å². The van der Waals surface area contributed by atoms with Gasteiger partial charge in [-0.2, -0.15) is 5.26 Å². The number of hydrogen-bond acceptors (Lipinski definition) is 4. The molecule has 4 nitrogen and oxygen atoms in total. The number of nitrogens with zero attached hydrogens (tertiary/aromatic N) is 2. The van der Waals surface area contributed by atoms with Crippen molar-refractivity contribution in [3.63, 3.8) is 0 Å². The number of nitriles is 1. The Bertz CT molecular complexity index is 660. The Kier molecular flexibility index (Phi) is 6.57. The van der Waals surface area contributed by atoms with Crippen LogP contribution in [0.2, 0.25) is 0 Å². The fraction of sp³-hybridized carbons (Fsp3) is 0.250. The van der Waals surface area contributed by atoms with Crippen LogP contribution in [-0.2, 0) is 10.8 Å².